The van der Waals surface area contributed by atoms with Crippen LogP contribution in [0.15, 0.2) is 24.3 Å². The smallest absolute Gasteiger partial charge is 0.133 e. The number of nitrogens with zero attached hydrogens (tertiary/aromatic N) is 2. The number of halogens is 1. The summed E-state index contributed by atoms with van der Waals surface area (Å²) in [5.41, 5.74) is 3.53. The summed E-state index contributed by atoms with van der Waals surface area (Å²) in [5, 5.41) is 15.2. The number of aliphatic hydroxyl groups excluding tert-OH is 1. The Hall–Kier alpha value is -1.32. The molecule has 0 spiro atoms. The minimum atomic E-state index is -0.734. The zero-order valence-corrected chi connectivity index (χ0v) is 12.4. The molecule has 2 aromatic rings. The topological polar surface area (TPSA) is 38.0 Å². The lowest BCUT2D eigenvalue weighted by molar-refractivity contribution is 0.219. The predicted molar refractivity (Wildman–Crippen MR) is 77.5 cm³/mol. The number of hydrogen-bond acceptors (Lipinski definition) is 2. The summed E-state index contributed by atoms with van der Waals surface area (Å²) in [5.74, 6) is 0.481. The van der Waals surface area contributed by atoms with Crippen molar-refractivity contribution in [2.24, 2.45) is 7.05 Å². The van der Waals surface area contributed by atoms with Gasteiger partial charge in [0.1, 0.15) is 11.3 Å². The Bertz CT molecular complexity index is 573. The van der Waals surface area contributed by atoms with Gasteiger partial charge in [0.05, 0.1) is 5.69 Å². The molecule has 1 heterocycles. The molecular weight excluding hydrogens is 260 g/mol. The van der Waals surface area contributed by atoms with Crippen LogP contribution in [0.1, 0.15) is 48.3 Å². The number of aromatic nitrogens is 2. The van der Waals surface area contributed by atoms with Crippen molar-refractivity contribution in [1.82, 2.24) is 9.78 Å². The van der Waals surface area contributed by atoms with Crippen molar-refractivity contribution in [3.63, 3.8) is 0 Å². The molecule has 0 bridgehead atoms. The lowest BCUT2D eigenvalue weighted by Crippen LogP contribution is -2.02. The van der Waals surface area contributed by atoms with Crippen LogP contribution < -0.4 is 0 Å². The van der Waals surface area contributed by atoms with Crippen LogP contribution >= 0.6 is 11.6 Å². The highest BCUT2D eigenvalue weighted by molar-refractivity contribution is 6.30. The lowest BCUT2D eigenvalue weighted by Gasteiger charge is -2.13. The van der Waals surface area contributed by atoms with E-state index in [4.69, 9.17) is 11.6 Å². The van der Waals surface area contributed by atoms with Gasteiger partial charge in [-0.1, -0.05) is 49.7 Å². The second-order valence-electron chi connectivity index (χ2n) is 5.14. The molecule has 2 rings (SSSR count). The number of rotatable bonds is 3. The van der Waals surface area contributed by atoms with E-state index in [9.17, 15) is 5.11 Å². The first-order valence-corrected chi connectivity index (χ1v) is 6.76. The molecule has 0 saturated carbocycles. The molecule has 1 N–H and O–H groups in total. The van der Waals surface area contributed by atoms with E-state index in [0.717, 1.165) is 11.3 Å². The molecule has 19 heavy (non-hydrogen) atoms. The van der Waals surface area contributed by atoms with E-state index < -0.39 is 6.10 Å². The fraction of sp³-hybridized carbons (Fsp3) is 0.400. The van der Waals surface area contributed by atoms with Crippen molar-refractivity contribution in [2.45, 2.75) is 32.8 Å². The summed E-state index contributed by atoms with van der Waals surface area (Å²) in [4.78, 5) is 0. The first kappa shape index (κ1) is 14.1. The highest BCUT2D eigenvalue weighted by Gasteiger charge is 2.20. The van der Waals surface area contributed by atoms with Gasteiger partial charge in [-0.25, -0.2) is 0 Å². The van der Waals surface area contributed by atoms with Gasteiger partial charge < -0.3 is 5.11 Å². The monoisotopic (exact) mass is 278 g/mol. The molecule has 0 aliphatic rings. The standard InChI is InChI=1S/C15H19ClN2O/c1-9(2)11-5-7-12(8-6-11)14(19)13-10(3)17-18(4)15(13)16/h5-9,14,19H,1-4H3. The molecular formula is C15H19ClN2O. The zero-order valence-electron chi connectivity index (χ0n) is 11.7. The summed E-state index contributed by atoms with van der Waals surface area (Å²) >= 11 is 6.18. The van der Waals surface area contributed by atoms with Crippen LogP contribution in [0.25, 0.3) is 0 Å². The summed E-state index contributed by atoms with van der Waals surface area (Å²) in [6, 6.07) is 7.98. The van der Waals surface area contributed by atoms with Crippen LogP contribution in [-0.2, 0) is 7.05 Å². The highest BCUT2D eigenvalue weighted by atomic mass is 35.5. The van der Waals surface area contributed by atoms with Crippen LogP contribution in [-0.4, -0.2) is 14.9 Å². The van der Waals surface area contributed by atoms with Crippen molar-refractivity contribution < 1.29 is 5.11 Å². The van der Waals surface area contributed by atoms with Crippen LogP contribution in [0.5, 0.6) is 0 Å². The highest BCUT2D eigenvalue weighted by Crippen LogP contribution is 2.31. The molecule has 1 aromatic heterocycles. The molecule has 0 aliphatic carbocycles. The van der Waals surface area contributed by atoms with Crippen molar-refractivity contribution in [3.05, 3.63) is 51.8 Å². The average molecular weight is 279 g/mol. The number of aryl methyl sites for hydroxylation is 2. The minimum Gasteiger partial charge on any atom is -0.383 e. The van der Waals surface area contributed by atoms with Crippen molar-refractivity contribution >= 4 is 11.6 Å². The lowest BCUT2D eigenvalue weighted by atomic mass is 9.97. The van der Waals surface area contributed by atoms with Gasteiger partial charge in [0.2, 0.25) is 0 Å². The van der Waals surface area contributed by atoms with Crippen molar-refractivity contribution in [1.29, 1.82) is 0 Å². The molecule has 4 heteroatoms. The van der Waals surface area contributed by atoms with Gasteiger partial charge in [0, 0.05) is 12.6 Å². The predicted octanol–water partition coefficient (Wildman–Crippen LogP) is 3.59. The SMILES string of the molecule is Cc1nn(C)c(Cl)c1C(O)c1ccc(C(C)C)cc1. The van der Waals surface area contributed by atoms with Gasteiger partial charge in [-0.05, 0) is 24.0 Å². The first-order chi connectivity index (χ1) is 8.91. The zero-order chi connectivity index (χ0) is 14.2. The van der Waals surface area contributed by atoms with E-state index in [1.165, 1.54) is 5.56 Å². The maximum absolute atomic E-state index is 10.5. The average Bonchev–Trinajstić information content (AvgIpc) is 2.62. The molecule has 0 aliphatic heterocycles. The molecule has 0 amide bonds. The van der Waals surface area contributed by atoms with Crippen LogP contribution in [0.2, 0.25) is 5.15 Å². The van der Waals surface area contributed by atoms with Gasteiger partial charge in [0.15, 0.2) is 0 Å². The summed E-state index contributed by atoms with van der Waals surface area (Å²) in [7, 11) is 1.77. The molecule has 0 saturated heterocycles. The maximum atomic E-state index is 10.5. The Morgan fingerprint density at radius 2 is 1.68 bits per heavy atom. The molecule has 1 atom stereocenters. The second kappa shape index (κ2) is 5.35. The quantitative estimate of drug-likeness (QED) is 0.932. The van der Waals surface area contributed by atoms with Gasteiger partial charge in [-0.15, -0.1) is 0 Å². The van der Waals surface area contributed by atoms with Gasteiger partial charge in [0.25, 0.3) is 0 Å². The Kier molecular flexibility index (Phi) is 3.97. The van der Waals surface area contributed by atoms with E-state index in [2.05, 4.69) is 18.9 Å². The third kappa shape index (κ3) is 2.67. The number of hydrogen-bond donors (Lipinski definition) is 1. The first-order valence-electron chi connectivity index (χ1n) is 6.38. The molecule has 0 fully saturated rings. The van der Waals surface area contributed by atoms with E-state index in [1.807, 2.05) is 31.2 Å². The Labute approximate surface area is 118 Å². The molecule has 0 radical (unpaired) electrons. The molecule has 102 valence electrons. The van der Waals surface area contributed by atoms with E-state index in [-0.39, 0.29) is 0 Å². The Balaban J connectivity index is 2.36. The Morgan fingerprint density at radius 1 is 1.16 bits per heavy atom. The van der Waals surface area contributed by atoms with Crippen molar-refractivity contribution in [2.75, 3.05) is 0 Å². The largest absolute Gasteiger partial charge is 0.383 e. The van der Waals surface area contributed by atoms with Gasteiger partial charge in [-0.3, -0.25) is 4.68 Å². The van der Waals surface area contributed by atoms with Gasteiger partial charge >= 0.3 is 0 Å². The second-order valence-corrected chi connectivity index (χ2v) is 5.50. The number of benzene rings is 1. The maximum Gasteiger partial charge on any atom is 0.133 e. The number of aliphatic hydroxyl groups is 1. The van der Waals surface area contributed by atoms with Crippen LogP contribution in [0.3, 0.4) is 0 Å². The summed E-state index contributed by atoms with van der Waals surface area (Å²) in [6.45, 7) is 6.15. The van der Waals surface area contributed by atoms with E-state index >= 15 is 0 Å². The molecule has 3 nitrogen and oxygen atoms in total. The third-order valence-electron chi connectivity index (χ3n) is 3.39. The fourth-order valence-electron chi connectivity index (χ4n) is 2.19. The van der Waals surface area contributed by atoms with E-state index in [0.29, 0.717) is 16.6 Å². The van der Waals surface area contributed by atoms with E-state index in [1.54, 1.807) is 11.7 Å². The minimum absolute atomic E-state index is 0.481. The normalized spacial score (nSPS) is 13.0. The molecule has 1 unspecified atom stereocenters. The van der Waals surface area contributed by atoms with Crippen LogP contribution in [0, 0.1) is 6.92 Å². The Morgan fingerprint density at radius 3 is 2.11 bits per heavy atom. The summed E-state index contributed by atoms with van der Waals surface area (Å²) in [6.07, 6.45) is -0.734. The van der Waals surface area contributed by atoms with Gasteiger partial charge in [-0.2, -0.15) is 5.10 Å². The fourth-order valence-corrected chi connectivity index (χ4v) is 2.46. The summed E-state index contributed by atoms with van der Waals surface area (Å²) < 4.78 is 1.58. The molecule has 1 aromatic carbocycles. The van der Waals surface area contributed by atoms with Crippen molar-refractivity contribution in [3.8, 4) is 0 Å². The van der Waals surface area contributed by atoms with Crippen LogP contribution in [0.4, 0.5) is 0 Å². The third-order valence-corrected chi connectivity index (χ3v) is 3.84.